The van der Waals surface area contributed by atoms with Crippen LogP contribution in [-0.2, 0) is 9.53 Å². The Morgan fingerprint density at radius 1 is 1.03 bits per heavy atom. The van der Waals surface area contributed by atoms with E-state index in [1.807, 2.05) is 4.90 Å². The molecule has 4 aliphatic rings. The van der Waals surface area contributed by atoms with Crippen molar-refractivity contribution in [1.82, 2.24) is 10.2 Å². The van der Waals surface area contributed by atoms with Crippen LogP contribution in [0, 0.1) is 5.92 Å². The lowest BCUT2D eigenvalue weighted by Gasteiger charge is -2.27. The molecule has 5 heteroatoms. The molecule has 1 aromatic carbocycles. The normalized spacial score (nSPS) is 23.9. The average Bonchev–Trinajstić information content (AvgIpc) is 3.15. The van der Waals surface area contributed by atoms with E-state index < -0.39 is 0 Å². The van der Waals surface area contributed by atoms with Gasteiger partial charge >= 0.3 is 0 Å². The van der Waals surface area contributed by atoms with Gasteiger partial charge in [-0.3, -0.25) is 4.79 Å². The van der Waals surface area contributed by atoms with Gasteiger partial charge in [-0.1, -0.05) is 38.0 Å². The zero-order valence-electron chi connectivity index (χ0n) is 20.6. The summed E-state index contributed by atoms with van der Waals surface area (Å²) >= 11 is 0. The summed E-state index contributed by atoms with van der Waals surface area (Å²) in [5, 5.41) is 3.65. The molecule has 0 bridgehead atoms. The van der Waals surface area contributed by atoms with Gasteiger partial charge in [-0.15, -0.1) is 0 Å². The van der Waals surface area contributed by atoms with Gasteiger partial charge in [0, 0.05) is 36.4 Å². The predicted octanol–water partition coefficient (Wildman–Crippen LogP) is 5.78. The minimum Gasteiger partial charge on any atom is -0.381 e. The third-order valence-electron chi connectivity index (χ3n) is 7.80. The van der Waals surface area contributed by atoms with Crippen LogP contribution in [0.15, 0.2) is 64.3 Å². The Bertz CT molecular complexity index is 1040. The molecule has 0 unspecified atom stereocenters. The number of rotatable bonds is 4. The van der Waals surface area contributed by atoms with Crippen molar-refractivity contribution in [3.05, 3.63) is 64.9 Å². The Kier molecular flexibility index (Phi) is 6.73. The highest BCUT2D eigenvalue weighted by atomic mass is 16.5. The number of ether oxygens (including phenoxy) is 1. The summed E-state index contributed by atoms with van der Waals surface area (Å²) in [6, 6.07) is 8.88. The number of carbonyl (C=O) groups excluding carboxylic acids is 1. The van der Waals surface area contributed by atoms with E-state index in [2.05, 4.69) is 56.1 Å². The van der Waals surface area contributed by atoms with Crippen LogP contribution in [0.4, 0.5) is 5.69 Å². The van der Waals surface area contributed by atoms with E-state index in [9.17, 15) is 4.79 Å². The SMILES string of the molecule is C=C1C=C(C2CCOCC2)NC(=Nc2ccc(C3CCCCC3)cc2)C2=C1C(=O)N(C(C)C)C2. The van der Waals surface area contributed by atoms with Gasteiger partial charge in [-0.25, -0.2) is 4.99 Å². The van der Waals surface area contributed by atoms with E-state index in [0.29, 0.717) is 24.0 Å². The Morgan fingerprint density at radius 2 is 1.74 bits per heavy atom. The van der Waals surface area contributed by atoms with Crippen LogP contribution in [0.5, 0.6) is 0 Å². The average molecular weight is 460 g/mol. The molecule has 1 saturated heterocycles. The lowest BCUT2D eigenvalue weighted by molar-refractivity contribution is -0.126. The fourth-order valence-electron chi connectivity index (χ4n) is 5.75. The van der Waals surface area contributed by atoms with Crippen molar-refractivity contribution >= 4 is 17.4 Å². The monoisotopic (exact) mass is 459 g/mol. The Hall–Kier alpha value is -2.66. The number of allylic oxidation sites excluding steroid dienone is 2. The maximum Gasteiger partial charge on any atom is 0.255 e. The number of amidine groups is 1. The van der Waals surface area contributed by atoms with E-state index in [1.165, 1.54) is 37.7 Å². The van der Waals surface area contributed by atoms with Gasteiger partial charge in [-0.05, 0) is 74.8 Å². The molecule has 0 aromatic heterocycles. The van der Waals surface area contributed by atoms with E-state index in [1.54, 1.807) is 0 Å². The van der Waals surface area contributed by atoms with Crippen LogP contribution in [0.25, 0.3) is 0 Å². The van der Waals surface area contributed by atoms with Crippen molar-refractivity contribution < 1.29 is 9.53 Å². The first-order valence-corrected chi connectivity index (χ1v) is 13.0. The predicted molar refractivity (Wildman–Crippen MR) is 137 cm³/mol. The van der Waals surface area contributed by atoms with Gasteiger partial charge in [0.05, 0.1) is 17.8 Å². The largest absolute Gasteiger partial charge is 0.381 e. The summed E-state index contributed by atoms with van der Waals surface area (Å²) in [5.41, 5.74) is 5.90. The topological polar surface area (TPSA) is 53.9 Å². The van der Waals surface area contributed by atoms with Gasteiger partial charge in [0.15, 0.2) is 0 Å². The summed E-state index contributed by atoms with van der Waals surface area (Å²) in [6.45, 7) is 10.5. The summed E-state index contributed by atoms with van der Waals surface area (Å²) in [4.78, 5) is 20.3. The summed E-state index contributed by atoms with van der Waals surface area (Å²) < 4.78 is 5.59. The Morgan fingerprint density at radius 3 is 2.41 bits per heavy atom. The van der Waals surface area contributed by atoms with Crippen molar-refractivity contribution in [3.63, 3.8) is 0 Å². The number of nitrogens with zero attached hydrogens (tertiary/aromatic N) is 2. The van der Waals surface area contributed by atoms with Crippen molar-refractivity contribution in [2.24, 2.45) is 10.9 Å². The summed E-state index contributed by atoms with van der Waals surface area (Å²) in [5.74, 6) is 1.88. The Labute approximate surface area is 203 Å². The molecule has 0 radical (unpaired) electrons. The van der Waals surface area contributed by atoms with Crippen LogP contribution in [0.2, 0.25) is 0 Å². The minimum absolute atomic E-state index is 0.0571. The van der Waals surface area contributed by atoms with Crippen molar-refractivity contribution in [2.75, 3.05) is 19.8 Å². The quantitative estimate of drug-likeness (QED) is 0.621. The number of nitrogens with one attached hydrogen (secondary N) is 1. The molecule has 5 rings (SSSR count). The molecule has 0 atom stereocenters. The number of amides is 1. The van der Waals surface area contributed by atoms with Crippen LogP contribution in [0.3, 0.4) is 0 Å². The molecule has 180 valence electrons. The Balaban J connectivity index is 1.49. The summed E-state index contributed by atoms with van der Waals surface area (Å²) in [7, 11) is 0. The van der Waals surface area contributed by atoms with E-state index in [0.717, 1.165) is 54.4 Å². The van der Waals surface area contributed by atoms with Gasteiger partial charge in [0.1, 0.15) is 5.84 Å². The highest BCUT2D eigenvalue weighted by Gasteiger charge is 2.37. The molecule has 1 N–H and O–H groups in total. The molecule has 1 aliphatic carbocycles. The fourth-order valence-corrected chi connectivity index (χ4v) is 5.75. The standard InChI is InChI=1S/C29H37N3O2/c1-19(2)32-18-25-27(29(32)33)20(3)17-26(23-13-15-34-16-14-23)31-28(25)30-24-11-9-22(10-12-24)21-7-5-4-6-8-21/h9-12,17,19,21,23H,3-8,13-16,18H2,1-2H3,(H,30,31). The zero-order valence-corrected chi connectivity index (χ0v) is 20.6. The first-order valence-electron chi connectivity index (χ1n) is 13.0. The van der Waals surface area contributed by atoms with E-state index >= 15 is 0 Å². The number of aliphatic imine (C=N–C) groups is 1. The lowest BCUT2D eigenvalue weighted by atomic mass is 9.84. The number of benzene rings is 1. The fraction of sp³-hybridized carbons (Fsp3) is 0.517. The van der Waals surface area contributed by atoms with E-state index in [-0.39, 0.29) is 11.9 Å². The highest BCUT2D eigenvalue weighted by molar-refractivity contribution is 6.15. The van der Waals surface area contributed by atoms with Gasteiger partial charge in [-0.2, -0.15) is 0 Å². The molecule has 5 nitrogen and oxygen atoms in total. The van der Waals surface area contributed by atoms with Crippen LogP contribution < -0.4 is 5.32 Å². The smallest absolute Gasteiger partial charge is 0.255 e. The van der Waals surface area contributed by atoms with Crippen molar-refractivity contribution in [1.29, 1.82) is 0 Å². The molecule has 2 fully saturated rings. The second kappa shape index (κ2) is 9.91. The maximum absolute atomic E-state index is 13.3. The lowest BCUT2D eigenvalue weighted by Crippen LogP contribution is -2.36. The number of hydrogen-bond acceptors (Lipinski definition) is 3. The molecular formula is C29H37N3O2. The van der Waals surface area contributed by atoms with Crippen LogP contribution in [-0.4, -0.2) is 42.4 Å². The van der Waals surface area contributed by atoms with Crippen molar-refractivity contribution in [3.8, 4) is 0 Å². The molecule has 3 aliphatic heterocycles. The van der Waals surface area contributed by atoms with Crippen LogP contribution in [0.1, 0.15) is 70.3 Å². The summed E-state index contributed by atoms with van der Waals surface area (Å²) in [6.07, 6.45) is 10.6. The van der Waals surface area contributed by atoms with Crippen LogP contribution >= 0.6 is 0 Å². The highest BCUT2D eigenvalue weighted by Crippen LogP contribution is 2.35. The zero-order chi connectivity index (χ0) is 23.7. The first-order chi connectivity index (χ1) is 16.5. The number of hydrogen-bond donors (Lipinski definition) is 1. The molecule has 34 heavy (non-hydrogen) atoms. The van der Waals surface area contributed by atoms with Gasteiger partial charge in [0.2, 0.25) is 0 Å². The van der Waals surface area contributed by atoms with Crippen molar-refractivity contribution in [2.45, 2.75) is 70.8 Å². The molecule has 1 aromatic rings. The maximum atomic E-state index is 13.3. The molecule has 1 amide bonds. The second-order valence-electron chi connectivity index (χ2n) is 10.4. The first kappa shape index (κ1) is 23.1. The molecule has 3 heterocycles. The van der Waals surface area contributed by atoms with Gasteiger partial charge in [0.25, 0.3) is 5.91 Å². The van der Waals surface area contributed by atoms with E-state index in [4.69, 9.17) is 9.73 Å². The third-order valence-corrected chi connectivity index (χ3v) is 7.80. The second-order valence-corrected chi connectivity index (χ2v) is 10.4. The molecular weight excluding hydrogens is 422 g/mol. The molecule has 0 spiro atoms. The van der Waals surface area contributed by atoms with Gasteiger partial charge < -0.3 is 15.0 Å². The minimum atomic E-state index is 0.0571. The third kappa shape index (κ3) is 4.63. The number of carbonyl (C=O) groups is 1. The molecule has 1 saturated carbocycles.